The van der Waals surface area contributed by atoms with Gasteiger partial charge in [-0.15, -0.1) is 0 Å². The van der Waals surface area contributed by atoms with Gasteiger partial charge in [0.15, 0.2) is 0 Å². The van der Waals surface area contributed by atoms with Crippen molar-refractivity contribution in [2.24, 2.45) is 0 Å². The second-order valence-electron chi connectivity index (χ2n) is 5.02. The number of hydrogen-bond donors (Lipinski definition) is 0. The molecule has 3 nitrogen and oxygen atoms in total. The van der Waals surface area contributed by atoms with E-state index in [1.165, 1.54) is 25.7 Å². The standard InChI is InChI=1S/C17H25NO2/c1-3-4-5-6-7-8-11-15(2)17(19)20-14-16-12-9-10-13-18-16/h9-10,12-13H,2-8,11,14H2,1H3. The van der Waals surface area contributed by atoms with E-state index < -0.39 is 0 Å². The van der Waals surface area contributed by atoms with Crippen molar-refractivity contribution in [3.63, 3.8) is 0 Å². The van der Waals surface area contributed by atoms with Crippen molar-refractivity contribution in [3.05, 3.63) is 42.2 Å². The molecule has 0 atom stereocenters. The van der Waals surface area contributed by atoms with Gasteiger partial charge in [0, 0.05) is 11.8 Å². The number of hydrogen-bond acceptors (Lipinski definition) is 3. The highest BCUT2D eigenvalue weighted by atomic mass is 16.5. The SMILES string of the molecule is C=C(CCCCCCCC)C(=O)OCc1ccccn1. The zero-order valence-electron chi connectivity index (χ0n) is 12.4. The van der Waals surface area contributed by atoms with Crippen LogP contribution in [0.4, 0.5) is 0 Å². The Morgan fingerprint density at radius 2 is 1.95 bits per heavy atom. The minimum atomic E-state index is -0.302. The summed E-state index contributed by atoms with van der Waals surface area (Å²) in [5, 5.41) is 0. The van der Waals surface area contributed by atoms with Gasteiger partial charge in [-0.3, -0.25) is 4.98 Å². The lowest BCUT2D eigenvalue weighted by Gasteiger charge is -2.06. The molecular weight excluding hydrogens is 250 g/mol. The molecule has 1 rings (SSSR count). The van der Waals surface area contributed by atoms with Gasteiger partial charge in [-0.05, 0) is 25.0 Å². The molecule has 0 amide bonds. The summed E-state index contributed by atoms with van der Waals surface area (Å²) in [7, 11) is 0. The van der Waals surface area contributed by atoms with E-state index in [2.05, 4.69) is 18.5 Å². The van der Waals surface area contributed by atoms with E-state index in [1.807, 2.05) is 18.2 Å². The van der Waals surface area contributed by atoms with Crippen LogP contribution in [0.5, 0.6) is 0 Å². The largest absolute Gasteiger partial charge is 0.456 e. The first-order valence-corrected chi connectivity index (χ1v) is 7.49. The zero-order chi connectivity index (χ0) is 14.6. The molecule has 110 valence electrons. The van der Waals surface area contributed by atoms with Crippen LogP contribution in [0.1, 0.15) is 57.6 Å². The number of aromatic nitrogens is 1. The van der Waals surface area contributed by atoms with Crippen molar-refractivity contribution < 1.29 is 9.53 Å². The Hall–Kier alpha value is -1.64. The molecule has 0 bridgehead atoms. The highest BCUT2D eigenvalue weighted by Crippen LogP contribution is 2.12. The van der Waals surface area contributed by atoms with Crippen LogP contribution in [0.2, 0.25) is 0 Å². The molecule has 1 aromatic rings. The number of unbranched alkanes of at least 4 members (excludes halogenated alkanes) is 5. The third-order valence-corrected chi connectivity index (χ3v) is 3.20. The minimum absolute atomic E-state index is 0.217. The zero-order valence-corrected chi connectivity index (χ0v) is 12.4. The lowest BCUT2D eigenvalue weighted by Crippen LogP contribution is -2.08. The van der Waals surface area contributed by atoms with Gasteiger partial charge in [0.05, 0.1) is 5.69 Å². The lowest BCUT2D eigenvalue weighted by atomic mass is 10.1. The minimum Gasteiger partial charge on any atom is -0.456 e. The van der Waals surface area contributed by atoms with Crippen molar-refractivity contribution in [1.82, 2.24) is 4.98 Å². The molecule has 1 heterocycles. The van der Waals surface area contributed by atoms with Gasteiger partial charge in [-0.2, -0.15) is 0 Å². The van der Waals surface area contributed by atoms with Crippen molar-refractivity contribution >= 4 is 5.97 Å². The van der Waals surface area contributed by atoms with Gasteiger partial charge in [0.2, 0.25) is 0 Å². The molecule has 0 saturated carbocycles. The fraction of sp³-hybridized carbons (Fsp3) is 0.529. The van der Waals surface area contributed by atoms with Gasteiger partial charge >= 0.3 is 5.97 Å². The molecule has 0 saturated heterocycles. The Kier molecular flexibility index (Phi) is 8.36. The molecule has 0 spiro atoms. The average molecular weight is 275 g/mol. The van der Waals surface area contributed by atoms with E-state index >= 15 is 0 Å². The Bertz CT molecular complexity index is 401. The summed E-state index contributed by atoms with van der Waals surface area (Å²) in [6.07, 6.45) is 9.67. The van der Waals surface area contributed by atoms with Crippen molar-refractivity contribution in [2.45, 2.75) is 58.5 Å². The third kappa shape index (κ3) is 7.07. The fourth-order valence-corrected chi connectivity index (χ4v) is 1.95. The van der Waals surface area contributed by atoms with Crippen molar-refractivity contribution in [2.75, 3.05) is 0 Å². The van der Waals surface area contributed by atoms with Crippen LogP contribution < -0.4 is 0 Å². The first-order valence-electron chi connectivity index (χ1n) is 7.49. The summed E-state index contributed by atoms with van der Waals surface area (Å²) < 4.78 is 5.18. The first-order chi connectivity index (χ1) is 9.74. The molecule has 0 fully saturated rings. The summed E-state index contributed by atoms with van der Waals surface area (Å²) in [6, 6.07) is 5.55. The van der Waals surface area contributed by atoms with E-state index in [-0.39, 0.29) is 12.6 Å². The molecule has 0 N–H and O–H groups in total. The second kappa shape index (κ2) is 10.2. The maximum atomic E-state index is 11.7. The lowest BCUT2D eigenvalue weighted by molar-refractivity contribution is -0.140. The summed E-state index contributed by atoms with van der Waals surface area (Å²) in [5.74, 6) is -0.302. The number of ether oxygens (including phenoxy) is 1. The molecule has 0 radical (unpaired) electrons. The summed E-state index contributed by atoms with van der Waals surface area (Å²) in [5.41, 5.74) is 1.32. The molecule has 0 aliphatic carbocycles. The predicted molar refractivity (Wildman–Crippen MR) is 81.2 cm³/mol. The number of carbonyl (C=O) groups excluding carboxylic acids is 1. The van der Waals surface area contributed by atoms with Gasteiger partial charge in [-0.1, -0.05) is 51.7 Å². The van der Waals surface area contributed by atoms with Gasteiger partial charge in [0.25, 0.3) is 0 Å². The second-order valence-corrected chi connectivity index (χ2v) is 5.02. The Morgan fingerprint density at radius 1 is 1.20 bits per heavy atom. The maximum Gasteiger partial charge on any atom is 0.333 e. The molecule has 0 aliphatic heterocycles. The van der Waals surface area contributed by atoms with Crippen molar-refractivity contribution in [1.29, 1.82) is 0 Å². The molecule has 20 heavy (non-hydrogen) atoms. The number of pyridine rings is 1. The topological polar surface area (TPSA) is 39.2 Å². The van der Waals surface area contributed by atoms with E-state index in [0.29, 0.717) is 5.57 Å². The molecular formula is C17H25NO2. The van der Waals surface area contributed by atoms with Gasteiger partial charge in [-0.25, -0.2) is 4.79 Å². The van der Waals surface area contributed by atoms with Crippen LogP contribution >= 0.6 is 0 Å². The number of rotatable bonds is 10. The fourth-order valence-electron chi connectivity index (χ4n) is 1.95. The Labute approximate surface area is 122 Å². The van der Waals surface area contributed by atoms with E-state index in [9.17, 15) is 4.79 Å². The number of nitrogens with zero attached hydrogens (tertiary/aromatic N) is 1. The maximum absolute atomic E-state index is 11.7. The average Bonchev–Trinajstić information content (AvgIpc) is 2.49. The first kappa shape index (κ1) is 16.4. The molecule has 1 aromatic heterocycles. The van der Waals surface area contributed by atoms with Crippen LogP contribution in [-0.2, 0) is 16.1 Å². The highest BCUT2D eigenvalue weighted by molar-refractivity contribution is 5.87. The normalized spacial score (nSPS) is 10.2. The van der Waals surface area contributed by atoms with E-state index in [0.717, 1.165) is 25.0 Å². The van der Waals surface area contributed by atoms with Crippen LogP contribution in [-0.4, -0.2) is 11.0 Å². The Balaban J connectivity index is 2.12. The smallest absolute Gasteiger partial charge is 0.333 e. The highest BCUT2D eigenvalue weighted by Gasteiger charge is 2.08. The molecule has 0 aliphatic rings. The molecule has 3 heteroatoms. The predicted octanol–water partition coefficient (Wildman–Crippen LogP) is 4.43. The van der Waals surface area contributed by atoms with Gasteiger partial charge < -0.3 is 4.74 Å². The molecule has 0 unspecified atom stereocenters. The number of carbonyl (C=O) groups is 1. The number of esters is 1. The summed E-state index contributed by atoms with van der Waals surface area (Å²) in [6.45, 7) is 6.23. The van der Waals surface area contributed by atoms with Gasteiger partial charge in [0.1, 0.15) is 6.61 Å². The van der Waals surface area contributed by atoms with Crippen molar-refractivity contribution in [3.8, 4) is 0 Å². The Morgan fingerprint density at radius 3 is 2.65 bits per heavy atom. The van der Waals surface area contributed by atoms with E-state index in [4.69, 9.17) is 4.74 Å². The quantitative estimate of drug-likeness (QED) is 0.360. The van der Waals surface area contributed by atoms with Crippen LogP contribution in [0.25, 0.3) is 0 Å². The van der Waals surface area contributed by atoms with Crippen LogP contribution in [0.15, 0.2) is 36.5 Å². The van der Waals surface area contributed by atoms with Crippen LogP contribution in [0.3, 0.4) is 0 Å². The third-order valence-electron chi connectivity index (χ3n) is 3.20. The summed E-state index contributed by atoms with van der Waals surface area (Å²) >= 11 is 0. The monoisotopic (exact) mass is 275 g/mol. The van der Waals surface area contributed by atoms with E-state index in [1.54, 1.807) is 6.20 Å². The molecule has 0 aromatic carbocycles. The van der Waals surface area contributed by atoms with Crippen LogP contribution in [0, 0.1) is 0 Å². The summed E-state index contributed by atoms with van der Waals surface area (Å²) in [4.78, 5) is 15.8.